The van der Waals surface area contributed by atoms with E-state index in [1.54, 1.807) is 6.92 Å². The minimum Gasteiger partial charge on any atom is -0.192 e. The zero-order valence-corrected chi connectivity index (χ0v) is 5.82. The summed E-state index contributed by atoms with van der Waals surface area (Å²) >= 11 is 0. The van der Waals surface area contributed by atoms with Crippen molar-refractivity contribution in [2.45, 2.75) is 32.1 Å². The molecule has 56 valence electrons. The highest BCUT2D eigenvalue weighted by atomic mass is 19.3. The van der Waals surface area contributed by atoms with Crippen molar-refractivity contribution >= 4 is 0 Å². The first-order valence-electron chi connectivity index (χ1n) is 3.37. The molecule has 0 N–H and O–H groups in total. The monoisotopic (exact) mass is 145 g/mol. The van der Waals surface area contributed by atoms with Gasteiger partial charge in [0.15, 0.2) is 0 Å². The predicted octanol–water partition coefficient (Wildman–Crippen LogP) is 2.34. The van der Waals surface area contributed by atoms with Crippen LogP contribution >= 0.6 is 0 Å². The average molecular weight is 145 g/mol. The van der Waals surface area contributed by atoms with Crippen molar-refractivity contribution in [3.63, 3.8) is 0 Å². The SMILES string of the molecule is CCC1(C(F)(F)C#N)CC1. The van der Waals surface area contributed by atoms with Crippen molar-refractivity contribution < 1.29 is 8.78 Å². The van der Waals surface area contributed by atoms with E-state index < -0.39 is 11.3 Å². The molecule has 0 heterocycles. The van der Waals surface area contributed by atoms with E-state index in [0.717, 1.165) is 6.07 Å². The third kappa shape index (κ3) is 0.792. The van der Waals surface area contributed by atoms with Crippen LogP contribution in [0, 0.1) is 16.7 Å². The van der Waals surface area contributed by atoms with Gasteiger partial charge in [0.2, 0.25) is 0 Å². The largest absolute Gasteiger partial charge is 0.337 e. The molecular formula is C7H9F2N. The fourth-order valence-electron chi connectivity index (χ4n) is 1.16. The van der Waals surface area contributed by atoms with Gasteiger partial charge in [-0.15, -0.1) is 0 Å². The molecule has 3 heteroatoms. The highest BCUT2D eigenvalue weighted by molar-refractivity contribution is 5.12. The Balaban J connectivity index is 2.74. The number of nitriles is 1. The van der Waals surface area contributed by atoms with Crippen LogP contribution in [0.5, 0.6) is 0 Å². The first kappa shape index (κ1) is 7.46. The Hall–Kier alpha value is -0.650. The van der Waals surface area contributed by atoms with Crippen LogP contribution in [0.2, 0.25) is 0 Å². The second kappa shape index (κ2) is 1.91. The molecule has 1 rings (SSSR count). The van der Waals surface area contributed by atoms with Crippen LogP contribution in [-0.4, -0.2) is 5.92 Å². The van der Waals surface area contributed by atoms with Gasteiger partial charge in [0.05, 0.1) is 0 Å². The second-order valence-electron chi connectivity index (χ2n) is 2.82. The molecule has 0 bridgehead atoms. The maximum atomic E-state index is 12.6. The van der Waals surface area contributed by atoms with Crippen LogP contribution in [0.1, 0.15) is 26.2 Å². The Labute approximate surface area is 58.6 Å². The lowest BCUT2D eigenvalue weighted by molar-refractivity contribution is -0.0180. The Morgan fingerprint density at radius 2 is 2.10 bits per heavy atom. The van der Waals surface area contributed by atoms with Gasteiger partial charge >= 0.3 is 5.92 Å². The number of alkyl halides is 2. The molecule has 1 aliphatic carbocycles. The molecular weight excluding hydrogens is 136 g/mol. The van der Waals surface area contributed by atoms with Crippen molar-refractivity contribution in [3.05, 3.63) is 0 Å². The van der Waals surface area contributed by atoms with Crippen LogP contribution in [0.3, 0.4) is 0 Å². The zero-order chi connectivity index (χ0) is 7.83. The van der Waals surface area contributed by atoms with Crippen molar-refractivity contribution in [1.82, 2.24) is 0 Å². The van der Waals surface area contributed by atoms with Crippen LogP contribution in [0.25, 0.3) is 0 Å². The van der Waals surface area contributed by atoms with Gasteiger partial charge in [-0.2, -0.15) is 14.0 Å². The smallest absolute Gasteiger partial charge is 0.192 e. The van der Waals surface area contributed by atoms with Crippen LogP contribution in [0.4, 0.5) is 8.78 Å². The van der Waals surface area contributed by atoms with Gasteiger partial charge in [-0.3, -0.25) is 0 Å². The maximum absolute atomic E-state index is 12.6. The molecule has 0 aromatic heterocycles. The van der Waals surface area contributed by atoms with Crippen LogP contribution < -0.4 is 0 Å². The van der Waals surface area contributed by atoms with Crippen molar-refractivity contribution in [1.29, 1.82) is 5.26 Å². The van der Waals surface area contributed by atoms with Gasteiger partial charge in [0.1, 0.15) is 6.07 Å². The standard InChI is InChI=1S/C7H9F2N/c1-2-6(3-4-6)7(8,9)5-10/h2-4H2,1H3. The Bertz CT molecular complexity index is 177. The number of halogens is 2. The first-order valence-corrected chi connectivity index (χ1v) is 3.37. The van der Waals surface area contributed by atoms with E-state index in [9.17, 15) is 8.78 Å². The van der Waals surface area contributed by atoms with Gasteiger partial charge in [0, 0.05) is 5.41 Å². The second-order valence-corrected chi connectivity index (χ2v) is 2.82. The minimum atomic E-state index is -3.10. The fraction of sp³-hybridized carbons (Fsp3) is 0.857. The molecule has 0 saturated heterocycles. The van der Waals surface area contributed by atoms with Crippen molar-refractivity contribution in [2.75, 3.05) is 0 Å². The van der Waals surface area contributed by atoms with E-state index in [4.69, 9.17) is 5.26 Å². The Morgan fingerprint density at radius 1 is 1.60 bits per heavy atom. The van der Waals surface area contributed by atoms with E-state index in [2.05, 4.69) is 0 Å². The number of rotatable bonds is 2. The summed E-state index contributed by atoms with van der Waals surface area (Å²) < 4.78 is 25.3. The lowest BCUT2D eigenvalue weighted by Crippen LogP contribution is -2.27. The predicted molar refractivity (Wildman–Crippen MR) is 32.5 cm³/mol. The Morgan fingerprint density at radius 3 is 2.20 bits per heavy atom. The van der Waals surface area contributed by atoms with Crippen molar-refractivity contribution in [3.8, 4) is 6.07 Å². The van der Waals surface area contributed by atoms with Gasteiger partial charge < -0.3 is 0 Å². The quantitative estimate of drug-likeness (QED) is 0.585. The van der Waals surface area contributed by atoms with Gasteiger partial charge in [-0.05, 0) is 19.3 Å². The summed E-state index contributed by atoms with van der Waals surface area (Å²) in [6, 6.07) is 1.06. The molecule has 0 amide bonds. The molecule has 1 nitrogen and oxygen atoms in total. The molecule has 1 fully saturated rings. The molecule has 0 atom stereocenters. The molecule has 0 aromatic rings. The normalized spacial score (nSPS) is 21.8. The van der Waals surface area contributed by atoms with Gasteiger partial charge in [-0.25, -0.2) is 0 Å². The van der Waals surface area contributed by atoms with E-state index in [1.165, 1.54) is 0 Å². The van der Waals surface area contributed by atoms with Crippen LogP contribution in [0.15, 0.2) is 0 Å². The molecule has 0 aliphatic heterocycles. The fourth-order valence-corrected chi connectivity index (χ4v) is 1.16. The van der Waals surface area contributed by atoms with E-state index in [-0.39, 0.29) is 0 Å². The summed E-state index contributed by atoms with van der Waals surface area (Å²) in [6.45, 7) is 1.71. The summed E-state index contributed by atoms with van der Waals surface area (Å²) in [5.74, 6) is -3.10. The lowest BCUT2D eigenvalue weighted by atomic mass is 9.96. The molecule has 0 radical (unpaired) electrons. The summed E-state index contributed by atoms with van der Waals surface area (Å²) in [4.78, 5) is 0. The summed E-state index contributed by atoms with van der Waals surface area (Å²) in [6.07, 6.45) is 1.42. The number of hydrogen-bond donors (Lipinski definition) is 0. The van der Waals surface area contributed by atoms with Crippen LogP contribution in [-0.2, 0) is 0 Å². The highest BCUT2D eigenvalue weighted by Gasteiger charge is 2.60. The molecule has 1 saturated carbocycles. The average Bonchev–Trinajstić information content (AvgIpc) is 2.67. The highest BCUT2D eigenvalue weighted by Crippen LogP contribution is 2.58. The molecule has 1 aliphatic rings. The first-order chi connectivity index (χ1) is 4.58. The molecule has 0 spiro atoms. The van der Waals surface area contributed by atoms with E-state index in [0.29, 0.717) is 19.3 Å². The lowest BCUT2D eigenvalue weighted by Gasteiger charge is -2.17. The van der Waals surface area contributed by atoms with Gasteiger partial charge in [-0.1, -0.05) is 6.92 Å². The zero-order valence-electron chi connectivity index (χ0n) is 5.82. The topological polar surface area (TPSA) is 23.8 Å². The molecule has 0 unspecified atom stereocenters. The van der Waals surface area contributed by atoms with E-state index >= 15 is 0 Å². The number of hydrogen-bond acceptors (Lipinski definition) is 1. The van der Waals surface area contributed by atoms with Gasteiger partial charge in [0.25, 0.3) is 0 Å². The minimum absolute atomic E-state index is 0.410. The van der Waals surface area contributed by atoms with Crippen molar-refractivity contribution in [2.24, 2.45) is 5.41 Å². The third-order valence-electron chi connectivity index (χ3n) is 2.34. The summed E-state index contributed by atoms with van der Waals surface area (Å²) in [7, 11) is 0. The molecule has 0 aromatic carbocycles. The number of nitrogens with zero attached hydrogens (tertiary/aromatic N) is 1. The van der Waals surface area contributed by atoms with E-state index in [1.807, 2.05) is 0 Å². The summed E-state index contributed by atoms with van der Waals surface area (Å²) in [5.41, 5.74) is -0.957. The third-order valence-corrected chi connectivity index (χ3v) is 2.34. The molecule has 10 heavy (non-hydrogen) atoms. The maximum Gasteiger partial charge on any atom is 0.337 e. The summed E-state index contributed by atoms with van der Waals surface area (Å²) in [5, 5.41) is 8.10. The Kier molecular flexibility index (Phi) is 1.43.